The first-order chi connectivity index (χ1) is 12.0. The molecule has 7 heteroatoms. The third-order valence-corrected chi connectivity index (χ3v) is 4.40. The van der Waals surface area contributed by atoms with Gasteiger partial charge in [0, 0.05) is 19.2 Å². The lowest BCUT2D eigenvalue weighted by atomic mass is 10.1. The molecule has 0 aliphatic carbocycles. The van der Waals surface area contributed by atoms with Crippen LogP contribution in [0.3, 0.4) is 0 Å². The van der Waals surface area contributed by atoms with Crippen molar-refractivity contribution in [1.82, 2.24) is 15.3 Å². The van der Waals surface area contributed by atoms with Crippen LogP contribution in [0.2, 0.25) is 5.02 Å². The molecular formula is C18H21ClN4O2. The van der Waals surface area contributed by atoms with Gasteiger partial charge >= 0.3 is 0 Å². The number of nitrogens with zero attached hydrogens (tertiary/aromatic N) is 2. The van der Waals surface area contributed by atoms with E-state index >= 15 is 0 Å². The number of rotatable bonds is 5. The average Bonchev–Trinajstić information content (AvgIpc) is 3.10. The van der Waals surface area contributed by atoms with Crippen LogP contribution in [0.25, 0.3) is 0 Å². The summed E-state index contributed by atoms with van der Waals surface area (Å²) >= 11 is 6.31. The Kier molecular flexibility index (Phi) is 5.50. The lowest BCUT2D eigenvalue weighted by molar-refractivity contribution is 0.0853. The largest absolute Gasteiger partial charge is 0.376 e. The first-order valence-electron chi connectivity index (χ1n) is 8.28. The SMILES string of the molecule is Cc1cc(C)c(Nc2cc(C(=O)NCC3CCCO3)ncn2)c(Cl)c1. The Morgan fingerprint density at radius 2 is 2.16 bits per heavy atom. The van der Waals surface area contributed by atoms with Crippen LogP contribution >= 0.6 is 11.6 Å². The number of anilines is 2. The van der Waals surface area contributed by atoms with E-state index in [1.54, 1.807) is 6.07 Å². The van der Waals surface area contributed by atoms with E-state index in [0.29, 0.717) is 23.1 Å². The van der Waals surface area contributed by atoms with E-state index in [2.05, 4.69) is 20.6 Å². The van der Waals surface area contributed by atoms with Gasteiger partial charge in [-0.25, -0.2) is 9.97 Å². The van der Waals surface area contributed by atoms with Gasteiger partial charge < -0.3 is 15.4 Å². The highest BCUT2D eigenvalue weighted by Crippen LogP contribution is 2.29. The van der Waals surface area contributed by atoms with Crippen molar-refractivity contribution in [3.05, 3.63) is 46.4 Å². The highest BCUT2D eigenvalue weighted by atomic mass is 35.5. The molecular weight excluding hydrogens is 340 g/mol. The third kappa shape index (κ3) is 4.46. The summed E-state index contributed by atoms with van der Waals surface area (Å²) in [6.45, 7) is 5.22. The molecule has 2 aromatic rings. The molecule has 2 N–H and O–H groups in total. The standard InChI is InChI=1S/C18H21ClN4O2/c1-11-6-12(2)17(14(19)7-11)23-16-8-15(21-10-22-16)18(24)20-9-13-4-3-5-25-13/h6-8,10,13H,3-5,9H2,1-2H3,(H,20,24)(H,21,22,23). The number of ether oxygens (including phenoxy) is 1. The molecule has 1 atom stereocenters. The molecule has 2 heterocycles. The maximum Gasteiger partial charge on any atom is 0.270 e. The van der Waals surface area contributed by atoms with Gasteiger partial charge in [0.15, 0.2) is 0 Å². The van der Waals surface area contributed by atoms with Crippen LogP contribution < -0.4 is 10.6 Å². The van der Waals surface area contributed by atoms with Crippen molar-refractivity contribution in [1.29, 1.82) is 0 Å². The van der Waals surface area contributed by atoms with Crippen molar-refractivity contribution in [2.45, 2.75) is 32.8 Å². The highest BCUT2D eigenvalue weighted by Gasteiger charge is 2.17. The Morgan fingerprint density at radius 3 is 2.88 bits per heavy atom. The molecule has 3 rings (SSSR count). The molecule has 25 heavy (non-hydrogen) atoms. The van der Waals surface area contributed by atoms with Crippen LogP contribution in [0, 0.1) is 13.8 Å². The van der Waals surface area contributed by atoms with Crippen molar-refractivity contribution in [3.8, 4) is 0 Å². The number of nitrogens with one attached hydrogen (secondary N) is 2. The monoisotopic (exact) mass is 360 g/mol. The van der Waals surface area contributed by atoms with Crippen LogP contribution in [-0.4, -0.2) is 35.1 Å². The molecule has 1 unspecified atom stereocenters. The fourth-order valence-corrected chi connectivity index (χ4v) is 3.22. The Labute approximate surface area is 152 Å². The van der Waals surface area contributed by atoms with Crippen molar-refractivity contribution in [3.63, 3.8) is 0 Å². The predicted octanol–water partition coefficient (Wildman–Crippen LogP) is 3.40. The van der Waals surface area contributed by atoms with Crippen molar-refractivity contribution in [2.24, 2.45) is 0 Å². The number of hydrogen-bond donors (Lipinski definition) is 2. The number of amides is 1. The summed E-state index contributed by atoms with van der Waals surface area (Å²) in [5, 5.41) is 6.64. The second-order valence-corrected chi connectivity index (χ2v) is 6.60. The zero-order valence-corrected chi connectivity index (χ0v) is 15.1. The summed E-state index contributed by atoms with van der Waals surface area (Å²) in [6.07, 6.45) is 3.47. The first-order valence-corrected chi connectivity index (χ1v) is 8.66. The number of aromatic nitrogens is 2. The van der Waals surface area contributed by atoms with Crippen LogP contribution in [0.4, 0.5) is 11.5 Å². The molecule has 1 fully saturated rings. The lowest BCUT2D eigenvalue weighted by Crippen LogP contribution is -2.32. The second-order valence-electron chi connectivity index (χ2n) is 6.20. The molecule has 1 aromatic heterocycles. The number of aryl methyl sites for hydroxylation is 2. The minimum absolute atomic E-state index is 0.0948. The van der Waals surface area contributed by atoms with Crippen LogP contribution in [-0.2, 0) is 4.74 Å². The zero-order chi connectivity index (χ0) is 17.8. The maximum atomic E-state index is 12.3. The predicted molar refractivity (Wildman–Crippen MR) is 97.5 cm³/mol. The maximum absolute atomic E-state index is 12.3. The third-order valence-electron chi connectivity index (χ3n) is 4.10. The van der Waals surface area contributed by atoms with E-state index in [9.17, 15) is 4.79 Å². The summed E-state index contributed by atoms with van der Waals surface area (Å²) in [6, 6.07) is 5.53. The van der Waals surface area contributed by atoms with Gasteiger partial charge in [0.1, 0.15) is 17.8 Å². The van der Waals surface area contributed by atoms with Crippen molar-refractivity contribution in [2.75, 3.05) is 18.5 Å². The second kappa shape index (κ2) is 7.80. The molecule has 0 bridgehead atoms. The molecule has 6 nitrogen and oxygen atoms in total. The quantitative estimate of drug-likeness (QED) is 0.854. The molecule has 0 radical (unpaired) electrons. The summed E-state index contributed by atoms with van der Waals surface area (Å²) in [5.74, 6) is 0.277. The van der Waals surface area contributed by atoms with Crippen molar-refractivity contribution >= 4 is 29.0 Å². The summed E-state index contributed by atoms with van der Waals surface area (Å²) in [5.41, 5.74) is 3.17. The van der Waals surface area contributed by atoms with E-state index in [4.69, 9.17) is 16.3 Å². The first kappa shape index (κ1) is 17.6. The molecule has 0 saturated carbocycles. The van der Waals surface area contributed by atoms with Crippen LogP contribution in [0.1, 0.15) is 34.5 Å². The Hall–Kier alpha value is -2.18. The average molecular weight is 361 g/mol. The van der Waals surface area contributed by atoms with Gasteiger partial charge in [0.25, 0.3) is 5.91 Å². The summed E-state index contributed by atoms with van der Waals surface area (Å²) < 4.78 is 5.50. The van der Waals surface area contributed by atoms with Crippen LogP contribution in [0.15, 0.2) is 24.5 Å². The van der Waals surface area contributed by atoms with E-state index in [-0.39, 0.29) is 12.0 Å². The lowest BCUT2D eigenvalue weighted by Gasteiger charge is -2.13. The summed E-state index contributed by atoms with van der Waals surface area (Å²) in [4.78, 5) is 20.5. The molecule has 1 aromatic carbocycles. The van der Waals surface area contributed by atoms with Gasteiger partial charge in [-0.1, -0.05) is 17.7 Å². The topological polar surface area (TPSA) is 76.1 Å². The number of hydrogen-bond acceptors (Lipinski definition) is 5. The molecule has 1 aliphatic rings. The fourth-order valence-electron chi connectivity index (χ4n) is 2.85. The highest BCUT2D eigenvalue weighted by molar-refractivity contribution is 6.33. The normalized spacial score (nSPS) is 16.7. The van der Waals surface area contributed by atoms with E-state index < -0.39 is 0 Å². The molecule has 132 valence electrons. The van der Waals surface area contributed by atoms with Gasteiger partial charge in [-0.05, 0) is 43.9 Å². The van der Waals surface area contributed by atoms with Crippen LogP contribution in [0.5, 0.6) is 0 Å². The molecule has 1 saturated heterocycles. The van der Waals surface area contributed by atoms with Crippen molar-refractivity contribution < 1.29 is 9.53 Å². The van der Waals surface area contributed by atoms with Gasteiger partial charge in [-0.15, -0.1) is 0 Å². The summed E-state index contributed by atoms with van der Waals surface area (Å²) in [7, 11) is 0. The number of benzene rings is 1. The Balaban J connectivity index is 1.70. The number of carbonyl (C=O) groups excluding carboxylic acids is 1. The Bertz CT molecular complexity index is 752. The van der Waals surface area contributed by atoms with Gasteiger partial charge in [-0.3, -0.25) is 4.79 Å². The molecule has 1 aliphatic heterocycles. The van der Waals surface area contributed by atoms with Gasteiger partial charge in [-0.2, -0.15) is 0 Å². The van der Waals surface area contributed by atoms with E-state index in [1.807, 2.05) is 26.0 Å². The Morgan fingerprint density at radius 1 is 1.32 bits per heavy atom. The number of carbonyl (C=O) groups is 1. The zero-order valence-electron chi connectivity index (χ0n) is 14.3. The van der Waals surface area contributed by atoms with E-state index in [1.165, 1.54) is 6.33 Å². The van der Waals surface area contributed by atoms with Gasteiger partial charge in [0.2, 0.25) is 0 Å². The van der Waals surface area contributed by atoms with Gasteiger partial charge in [0.05, 0.1) is 16.8 Å². The minimum Gasteiger partial charge on any atom is -0.376 e. The molecule has 0 spiro atoms. The fraction of sp³-hybridized carbons (Fsp3) is 0.389. The smallest absolute Gasteiger partial charge is 0.270 e. The van der Waals surface area contributed by atoms with E-state index in [0.717, 1.165) is 36.3 Å². The molecule has 1 amide bonds. The number of halogens is 1. The minimum atomic E-state index is -0.243.